The molecule has 10 nitrogen and oxygen atoms in total. The summed E-state index contributed by atoms with van der Waals surface area (Å²) in [5, 5.41) is 17.8. The van der Waals surface area contributed by atoms with E-state index in [0.29, 0.717) is 53.9 Å². The van der Waals surface area contributed by atoms with Crippen LogP contribution in [0.4, 0.5) is 16.2 Å². The van der Waals surface area contributed by atoms with Crippen molar-refractivity contribution in [1.29, 1.82) is 0 Å². The van der Waals surface area contributed by atoms with Gasteiger partial charge in [-0.15, -0.1) is 0 Å². The van der Waals surface area contributed by atoms with E-state index >= 15 is 4.39 Å². The number of rotatable bonds is 14. The number of anilines is 2. The zero-order valence-electron chi connectivity index (χ0n) is 23.1. The van der Waals surface area contributed by atoms with Gasteiger partial charge in [-0.1, -0.05) is 19.4 Å². The van der Waals surface area contributed by atoms with E-state index in [1.165, 1.54) is 0 Å². The fourth-order valence-electron chi connectivity index (χ4n) is 5.00. The van der Waals surface area contributed by atoms with Crippen LogP contribution in [0, 0.1) is 5.82 Å². The number of fused-ring (bicyclic) bond motifs is 1. The summed E-state index contributed by atoms with van der Waals surface area (Å²) in [6, 6.07) is 3.90. The number of methoxy groups -OCH3 is 2. The number of unbranched alkanes of at least 4 members (excludes halogenated alkanes) is 1. The fraction of sp³-hybridized carbons (Fsp3) is 0.536. The Labute approximate surface area is 229 Å². The molecule has 3 aromatic rings. The molecule has 1 aliphatic rings. The van der Waals surface area contributed by atoms with Crippen molar-refractivity contribution in [2.24, 2.45) is 0 Å². The molecule has 0 spiro atoms. The Morgan fingerprint density at radius 1 is 1.26 bits per heavy atom. The molecule has 0 saturated carbocycles. The molecule has 4 N–H and O–H groups in total. The van der Waals surface area contributed by atoms with Crippen LogP contribution in [0.15, 0.2) is 24.4 Å². The fourth-order valence-corrected chi connectivity index (χ4v) is 5.00. The largest absolute Gasteiger partial charge is 0.496 e. The van der Waals surface area contributed by atoms with Crippen LogP contribution >= 0.6 is 0 Å². The van der Waals surface area contributed by atoms with E-state index in [-0.39, 0.29) is 24.9 Å². The molecular formula is C28H40FN7O3. The maximum absolute atomic E-state index is 15.5. The van der Waals surface area contributed by atoms with E-state index < -0.39 is 0 Å². The molecule has 0 aliphatic heterocycles. The van der Waals surface area contributed by atoms with Gasteiger partial charge in [0.25, 0.3) is 0 Å². The second kappa shape index (κ2) is 13.7. The number of benzene rings is 1. The summed E-state index contributed by atoms with van der Waals surface area (Å²) in [7, 11) is 3.25. The molecule has 0 radical (unpaired) electrons. The normalized spacial score (nSPS) is 15.5. The average Bonchev–Trinajstić information content (AvgIpc) is 3.34. The van der Waals surface area contributed by atoms with Crippen LogP contribution in [0.25, 0.3) is 16.6 Å². The van der Waals surface area contributed by atoms with Gasteiger partial charge in [0.15, 0.2) is 11.3 Å². The molecule has 0 bridgehead atoms. The highest BCUT2D eigenvalue weighted by Gasteiger charge is 2.21. The number of aliphatic hydroxyl groups is 1. The van der Waals surface area contributed by atoms with Crippen molar-refractivity contribution in [1.82, 2.24) is 25.1 Å². The lowest BCUT2D eigenvalue weighted by Gasteiger charge is -2.24. The van der Waals surface area contributed by atoms with E-state index in [0.717, 1.165) is 49.8 Å². The maximum atomic E-state index is 15.5. The number of halogens is 1. The number of nitrogens with zero attached hydrogens (tertiary/aromatic N) is 5. The lowest BCUT2D eigenvalue weighted by molar-refractivity contribution is 0.195. The van der Waals surface area contributed by atoms with Crippen LogP contribution in [0.3, 0.4) is 0 Å². The lowest BCUT2D eigenvalue weighted by Crippen LogP contribution is -2.32. The second-order valence-corrected chi connectivity index (χ2v) is 9.82. The summed E-state index contributed by atoms with van der Waals surface area (Å²) in [5.74, 6) is 0.824. The first-order chi connectivity index (χ1) is 19.0. The van der Waals surface area contributed by atoms with Crippen molar-refractivity contribution < 1.29 is 19.0 Å². The molecule has 11 heteroatoms. The highest BCUT2D eigenvalue weighted by Crippen LogP contribution is 2.33. The number of nitrogens with two attached hydrogens (primary N) is 1. The Balaban J connectivity index is 1.58. The quantitative estimate of drug-likeness (QED) is 0.264. The van der Waals surface area contributed by atoms with Gasteiger partial charge in [0.2, 0.25) is 5.95 Å². The zero-order chi connectivity index (χ0) is 27.8. The molecule has 0 amide bonds. The van der Waals surface area contributed by atoms with Gasteiger partial charge in [0, 0.05) is 32.8 Å². The number of aliphatic hydroxyl groups excluding tert-OH is 1. The SMILES string of the molecule is CCCCN(CCO)c1nc(N)nc2cn(Cc3c(F)cc(C4=CCC(NCCOC)CC4)cc3OC)nc12. The molecule has 2 aromatic heterocycles. The number of nitrogens with one attached hydrogen (secondary N) is 1. The van der Waals surface area contributed by atoms with Gasteiger partial charge in [-0.2, -0.15) is 10.1 Å². The first-order valence-electron chi connectivity index (χ1n) is 13.6. The molecule has 1 aromatic carbocycles. The molecule has 0 fully saturated rings. The molecule has 1 atom stereocenters. The molecule has 1 unspecified atom stereocenters. The number of aromatic nitrogens is 4. The van der Waals surface area contributed by atoms with Crippen molar-refractivity contribution in [2.45, 2.75) is 51.6 Å². The van der Waals surface area contributed by atoms with E-state index in [4.69, 9.17) is 20.3 Å². The Kier molecular flexibility index (Phi) is 10.1. The van der Waals surface area contributed by atoms with E-state index in [1.807, 2.05) is 11.0 Å². The summed E-state index contributed by atoms with van der Waals surface area (Å²) in [5.41, 5.74) is 9.50. The maximum Gasteiger partial charge on any atom is 0.222 e. The summed E-state index contributed by atoms with van der Waals surface area (Å²) >= 11 is 0. The third-order valence-corrected chi connectivity index (χ3v) is 7.08. The van der Waals surface area contributed by atoms with E-state index in [2.05, 4.69) is 28.3 Å². The van der Waals surface area contributed by atoms with Crippen molar-refractivity contribution >= 4 is 28.4 Å². The smallest absolute Gasteiger partial charge is 0.222 e. The van der Waals surface area contributed by atoms with Crippen LogP contribution in [0.5, 0.6) is 5.75 Å². The van der Waals surface area contributed by atoms with Crippen LogP contribution in [-0.4, -0.2) is 78.0 Å². The van der Waals surface area contributed by atoms with Gasteiger partial charge in [-0.3, -0.25) is 4.68 Å². The summed E-state index contributed by atoms with van der Waals surface area (Å²) in [6.07, 6.45) is 8.59. The minimum absolute atomic E-state index is 0.0218. The van der Waals surface area contributed by atoms with Gasteiger partial charge in [-0.25, -0.2) is 9.37 Å². The van der Waals surface area contributed by atoms with Crippen LogP contribution in [-0.2, 0) is 11.3 Å². The van der Waals surface area contributed by atoms with Crippen molar-refractivity contribution in [3.05, 3.63) is 41.3 Å². The van der Waals surface area contributed by atoms with Gasteiger partial charge in [0.05, 0.1) is 38.6 Å². The summed E-state index contributed by atoms with van der Waals surface area (Å²) in [4.78, 5) is 10.7. The first-order valence-corrected chi connectivity index (χ1v) is 13.6. The Bertz CT molecular complexity index is 1280. The molecule has 39 heavy (non-hydrogen) atoms. The van der Waals surface area contributed by atoms with Gasteiger partial charge >= 0.3 is 0 Å². The zero-order valence-corrected chi connectivity index (χ0v) is 23.1. The number of hydrogen-bond donors (Lipinski definition) is 3. The average molecular weight is 542 g/mol. The molecule has 2 heterocycles. The van der Waals surface area contributed by atoms with Crippen LogP contribution in [0.1, 0.15) is 50.2 Å². The standard InChI is InChI=1S/C28H40FN7O3/c1-4-5-11-35(12-13-37)27-26-24(32-28(30)33-27)18-36(34-26)17-22-23(29)15-20(16-25(22)39-3)19-6-8-21(9-7-19)31-10-14-38-2/h6,15-16,18,21,31,37H,4-5,7-14,17H2,1-3H3,(H2,30,32). The number of allylic oxidation sites excluding steroid dienone is 1. The predicted molar refractivity (Wildman–Crippen MR) is 151 cm³/mol. The minimum atomic E-state index is -0.346. The van der Waals surface area contributed by atoms with Crippen molar-refractivity contribution in [3.8, 4) is 5.75 Å². The predicted octanol–water partition coefficient (Wildman–Crippen LogP) is 3.38. The summed E-state index contributed by atoms with van der Waals surface area (Å²) < 4.78 is 27.9. The topological polar surface area (TPSA) is 124 Å². The van der Waals surface area contributed by atoms with Gasteiger partial charge in [0.1, 0.15) is 17.1 Å². The third-order valence-electron chi connectivity index (χ3n) is 7.08. The lowest BCUT2D eigenvalue weighted by atomic mass is 9.90. The van der Waals surface area contributed by atoms with Crippen LogP contribution in [0.2, 0.25) is 0 Å². The van der Waals surface area contributed by atoms with E-state index in [1.54, 1.807) is 31.2 Å². The number of nitrogen functional groups attached to an aromatic ring is 1. The van der Waals surface area contributed by atoms with Crippen molar-refractivity contribution in [2.75, 3.05) is 57.7 Å². The van der Waals surface area contributed by atoms with Gasteiger partial charge in [-0.05, 0) is 49.0 Å². The molecule has 4 rings (SSSR count). The molecular weight excluding hydrogens is 501 g/mol. The Hall–Kier alpha value is -3.28. The van der Waals surface area contributed by atoms with Crippen molar-refractivity contribution in [3.63, 3.8) is 0 Å². The first kappa shape index (κ1) is 28.7. The summed E-state index contributed by atoms with van der Waals surface area (Å²) in [6.45, 7) is 4.86. The molecule has 1 aliphatic carbocycles. The highest BCUT2D eigenvalue weighted by molar-refractivity contribution is 5.86. The third kappa shape index (κ3) is 7.03. The molecule has 212 valence electrons. The minimum Gasteiger partial charge on any atom is -0.496 e. The number of ether oxygens (including phenoxy) is 2. The number of hydrogen-bond acceptors (Lipinski definition) is 9. The Morgan fingerprint density at radius 3 is 2.79 bits per heavy atom. The van der Waals surface area contributed by atoms with Gasteiger partial charge < -0.3 is 30.5 Å². The van der Waals surface area contributed by atoms with Crippen LogP contribution < -0.4 is 20.7 Å². The highest BCUT2D eigenvalue weighted by atomic mass is 19.1. The molecule has 0 saturated heterocycles. The van der Waals surface area contributed by atoms with E-state index in [9.17, 15) is 5.11 Å². The second-order valence-electron chi connectivity index (χ2n) is 9.82. The monoisotopic (exact) mass is 541 g/mol. The Morgan fingerprint density at radius 2 is 2.10 bits per heavy atom.